The van der Waals surface area contributed by atoms with Gasteiger partial charge in [-0.1, -0.05) is 194 Å². The molecule has 0 aliphatic heterocycles. The Bertz CT molecular complexity index is 3620. The highest BCUT2D eigenvalue weighted by Crippen LogP contribution is 2.48. The summed E-state index contributed by atoms with van der Waals surface area (Å²) in [7, 11) is 0. The number of nitrogens with zero attached hydrogens (tertiary/aromatic N) is 1. The summed E-state index contributed by atoms with van der Waals surface area (Å²) in [4.78, 5) is 2.43. The molecule has 12 aromatic rings. The van der Waals surface area contributed by atoms with E-state index in [1.807, 2.05) is 11.3 Å². The van der Waals surface area contributed by atoms with Crippen LogP contribution in [0.4, 0.5) is 17.1 Å². The van der Waals surface area contributed by atoms with Crippen molar-refractivity contribution in [3.8, 4) is 44.5 Å². The molecule has 1 aromatic heterocycles. The lowest BCUT2D eigenvalue weighted by molar-refractivity contribution is 1.29. The van der Waals surface area contributed by atoms with Crippen molar-refractivity contribution in [2.45, 2.75) is 0 Å². The molecule has 0 saturated carbocycles. The van der Waals surface area contributed by atoms with Crippen molar-refractivity contribution in [2.75, 3.05) is 4.90 Å². The van der Waals surface area contributed by atoms with Crippen LogP contribution in [0.2, 0.25) is 0 Å². The van der Waals surface area contributed by atoms with Crippen LogP contribution in [0.15, 0.2) is 237 Å². The van der Waals surface area contributed by atoms with E-state index in [1.165, 1.54) is 91.4 Å². The fourth-order valence-corrected chi connectivity index (χ4v) is 10.8. The first-order valence-electron chi connectivity index (χ1n) is 21.3. The molecule has 11 aromatic carbocycles. The van der Waals surface area contributed by atoms with Crippen LogP contribution >= 0.6 is 11.3 Å². The predicted molar refractivity (Wildman–Crippen MR) is 268 cm³/mol. The van der Waals surface area contributed by atoms with Gasteiger partial charge < -0.3 is 4.90 Å². The van der Waals surface area contributed by atoms with Crippen molar-refractivity contribution in [3.05, 3.63) is 237 Å². The van der Waals surface area contributed by atoms with E-state index in [-0.39, 0.29) is 0 Å². The van der Waals surface area contributed by atoms with Gasteiger partial charge >= 0.3 is 0 Å². The molecule has 0 fully saturated rings. The fraction of sp³-hybridized carbons (Fsp3) is 0. The molecule has 62 heavy (non-hydrogen) atoms. The average Bonchev–Trinajstić information content (AvgIpc) is 3.73. The summed E-state index contributed by atoms with van der Waals surface area (Å²) in [6, 6.07) is 86.8. The molecule has 2 heteroatoms. The zero-order valence-corrected chi connectivity index (χ0v) is 34.7. The second kappa shape index (κ2) is 15.0. The number of rotatable bonds is 7. The lowest BCUT2D eigenvalue weighted by Gasteiger charge is -2.28. The average molecular weight is 806 g/mol. The van der Waals surface area contributed by atoms with E-state index in [4.69, 9.17) is 0 Å². The topological polar surface area (TPSA) is 3.24 Å². The lowest BCUT2D eigenvalue weighted by Crippen LogP contribution is -2.11. The van der Waals surface area contributed by atoms with E-state index >= 15 is 0 Å². The molecular formula is C60H39NS. The third-order valence-electron chi connectivity index (χ3n) is 12.4. The molecule has 12 rings (SSSR count). The number of hydrogen-bond donors (Lipinski definition) is 0. The number of thiophene rings is 1. The van der Waals surface area contributed by atoms with Crippen molar-refractivity contribution in [3.63, 3.8) is 0 Å². The minimum Gasteiger partial charge on any atom is -0.310 e. The molecule has 1 heterocycles. The van der Waals surface area contributed by atoms with Gasteiger partial charge in [0.2, 0.25) is 0 Å². The standard InChI is InChI=1S/C60H39NS/c1-3-17-42(18-4-1)58-53-25-10-9-23-50(53)51-37-33-45(39-55(51)59(58)43-19-5-2-6-20-43)48-22-11-13-28-56(48)61(47-36-30-40-16-7-8-21-44(40)38-47)46-34-31-41(32-35-46)49-26-15-27-54-52-24-12-14-29-57(52)62-60(49)54/h1-39H. The molecule has 0 spiro atoms. The smallest absolute Gasteiger partial charge is 0.0540 e. The number of fused-ring (bicyclic) bond motifs is 7. The Morgan fingerprint density at radius 2 is 0.855 bits per heavy atom. The molecule has 0 amide bonds. The maximum absolute atomic E-state index is 2.43. The van der Waals surface area contributed by atoms with Gasteiger partial charge in [-0.05, 0) is 114 Å². The van der Waals surface area contributed by atoms with Crippen molar-refractivity contribution in [1.29, 1.82) is 0 Å². The maximum Gasteiger partial charge on any atom is 0.0540 e. The summed E-state index contributed by atoms with van der Waals surface area (Å²) >= 11 is 1.88. The van der Waals surface area contributed by atoms with Crippen molar-refractivity contribution < 1.29 is 0 Å². The van der Waals surface area contributed by atoms with Crippen molar-refractivity contribution in [2.24, 2.45) is 0 Å². The van der Waals surface area contributed by atoms with Gasteiger partial charge in [-0.15, -0.1) is 11.3 Å². The Balaban J connectivity index is 1.07. The summed E-state index contributed by atoms with van der Waals surface area (Å²) in [5.41, 5.74) is 13.1. The molecule has 0 aliphatic rings. The van der Waals surface area contributed by atoms with E-state index in [9.17, 15) is 0 Å². The molecular weight excluding hydrogens is 767 g/mol. The molecule has 1 nitrogen and oxygen atoms in total. The maximum atomic E-state index is 2.43. The fourth-order valence-electron chi connectivity index (χ4n) is 9.59. The van der Waals surface area contributed by atoms with Gasteiger partial charge in [-0.3, -0.25) is 0 Å². The first kappa shape index (κ1) is 36.1. The molecule has 0 saturated heterocycles. The van der Waals surface area contributed by atoms with Crippen LogP contribution in [0.5, 0.6) is 0 Å². The zero-order chi connectivity index (χ0) is 41.0. The van der Waals surface area contributed by atoms with Crippen LogP contribution < -0.4 is 4.90 Å². The molecule has 0 unspecified atom stereocenters. The van der Waals surface area contributed by atoms with Crippen LogP contribution in [-0.4, -0.2) is 0 Å². The van der Waals surface area contributed by atoms with E-state index < -0.39 is 0 Å². The second-order valence-electron chi connectivity index (χ2n) is 16.0. The van der Waals surface area contributed by atoms with Gasteiger partial charge in [0.15, 0.2) is 0 Å². The molecule has 0 N–H and O–H groups in total. The van der Waals surface area contributed by atoms with Crippen LogP contribution in [0, 0.1) is 0 Å². The summed E-state index contributed by atoms with van der Waals surface area (Å²) in [5, 5.41) is 10.1. The SMILES string of the molecule is c1ccc(-c2c(-c3ccccc3)c3cc(-c4ccccc4N(c4ccc(-c5cccc6c5sc5ccccc56)cc4)c4ccc5ccccc5c4)ccc3c3ccccc23)cc1. The van der Waals surface area contributed by atoms with Crippen LogP contribution in [0.1, 0.15) is 0 Å². The summed E-state index contributed by atoms with van der Waals surface area (Å²) in [6.45, 7) is 0. The predicted octanol–water partition coefficient (Wildman–Crippen LogP) is 17.7. The first-order chi connectivity index (χ1) is 30.8. The minimum absolute atomic E-state index is 1.10. The van der Waals surface area contributed by atoms with Crippen molar-refractivity contribution in [1.82, 2.24) is 0 Å². The monoisotopic (exact) mass is 805 g/mol. The number of benzene rings is 11. The lowest BCUT2D eigenvalue weighted by atomic mass is 9.84. The molecule has 290 valence electrons. The third kappa shape index (κ3) is 6.07. The van der Waals surface area contributed by atoms with Gasteiger partial charge in [0.05, 0.1) is 5.69 Å². The van der Waals surface area contributed by atoms with E-state index in [0.717, 1.165) is 22.6 Å². The van der Waals surface area contributed by atoms with Gasteiger partial charge in [-0.25, -0.2) is 0 Å². The van der Waals surface area contributed by atoms with E-state index in [2.05, 4.69) is 241 Å². The van der Waals surface area contributed by atoms with Gasteiger partial charge in [0, 0.05) is 37.1 Å². The van der Waals surface area contributed by atoms with Crippen LogP contribution in [0.25, 0.3) is 97.0 Å². The Kier molecular flexibility index (Phi) is 8.76. The molecule has 0 aliphatic carbocycles. The van der Waals surface area contributed by atoms with Crippen molar-refractivity contribution >= 4 is 80.9 Å². The van der Waals surface area contributed by atoms with Gasteiger partial charge in [-0.2, -0.15) is 0 Å². The van der Waals surface area contributed by atoms with E-state index in [1.54, 1.807) is 0 Å². The summed E-state index contributed by atoms with van der Waals surface area (Å²) < 4.78 is 2.65. The Labute approximate surface area is 365 Å². The number of para-hydroxylation sites is 1. The molecule has 0 bridgehead atoms. The first-order valence-corrected chi connectivity index (χ1v) is 22.1. The normalized spacial score (nSPS) is 11.5. The molecule has 0 radical (unpaired) electrons. The van der Waals surface area contributed by atoms with Crippen LogP contribution in [-0.2, 0) is 0 Å². The number of anilines is 3. The molecule has 0 atom stereocenters. The zero-order valence-electron chi connectivity index (χ0n) is 33.9. The third-order valence-corrected chi connectivity index (χ3v) is 13.7. The second-order valence-corrected chi connectivity index (χ2v) is 17.1. The highest BCUT2D eigenvalue weighted by Gasteiger charge is 2.22. The van der Waals surface area contributed by atoms with Crippen LogP contribution in [0.3, 0.4) is 0 Å². The van der Waals surface area contributed by atoms with Gasteiger partial charge in [0.25, 0.3) is 0 Å². The van der Waals surface area contributed by atoms with E-state index in [0.29, 0.717) is 0 Å². The highest BCUT2D eigenvalue weighted by molar-refractivity contribution is 7.26. The summed E-state index contributed by atoms with van der Waals surface area (Å²) in [6.07, 6.45) is 0. The Morgan fingerprint density at radius 3 is 1.65 bits per heavy atom. The van der Waals surface area contributed by atoms with Gasteiger partial charge in [0.1, 0.15) is 0 Å². The summed E-state index contributed by atoms with van der Waals surface area (Å²) in [5.74, 6) is 0. The highest BCUT2D eigenvalue weighted by atomic mass is 32.1. The minimum atomic E-state index is 1.10. The largest absolute Gasteiger partial charge is 0.310 e. The Hall–Kier alpha value is -7.78. The quantitative estimate of drug-likeness (QED) is 0.145. The Morgan fingerprint density at radius 1 is 0.290 bits per heavy atom. The number of hydrogen-bond acceptors (Lipinski definition) is 2.